The Morgan fingerprint density at radius 1 is 1.35 bits per heavy atom. The Bertz CT molecular complexity index is 384. The highest BCUT2D eigenvalue weighted by atomic mass is 35.5. The van der Waals surface area contributed by atoms with E-state index in [0.29, 0.717) is 30.4 Å². The van der Waals surface area contributed by atoms with Gasteiger partial charge in [0.15, 0.2) is 0 Å². The number of nitrogens with zero attached hydrogens (tertiary/aromatic N) is 1. The summed E-state index contributed by atoms with van der Waals surface area (Å²) >= 11 is 5.91. The van der Waals surface area contributed by atoms with E-state index in [0.717, 1.165) is 0 Å². The van der Waals surface area contributed by atoms with Crippen molar-refractivity contribution in [3.8, 4) is 0 Å². The summed E-state index contributed by atoms with van der Waals surface area (Å²) in [5, 5.41) is 11.0. The number of rotatable bonds is 7. The van der Waals surface area contributed by atoms with Crippen molar-refractivity contribution in [2.24, 2.45) is 0 Å². The third kappa shape index (κ3) is 4.68. The summed E-state index contributed by atoms with van der Waals surface area (Å²) in [6, 6.07) is 4.29. The second-order valence-electron chi connectivity index (χ2n) is 3.28. The van der Waals surface area contributed by atoms with Gasteiger partial charge in [0.25, 0.3) is 5.69 Å². The monoisotopic (exact) mass is 259 g/mol. The van der Waals surface area contributed by atoms with Crippen molar-refractivity contribution in [1.82, 2.24) is 0 Å². The molecule has 1 aromatic carbocycles. The highest BCUT2D eigenvalue weighted by molar-refractivity contribution is 6.31. The van der Waals surface area contributed by atoms with Crippen LogP contribution >= 0.6 is 11.6 Å². The smallest absolute Gasteiger partial charge is 0.269 e. The first-order valence-corrected chi connectivity index (χ1v) is 5.61. The number of ether oxygens (including phenoxy) is 2. The predicted octanol–water partition coefficient (Wildman–Crippen LogP) is 2.80. The fourth-order valence-corrected chi connectivity index (χ4v) is 1.40. The molecule has 0 spiro atoms. The van der Waals surface area contributed by atoms with Crippen molar-refractivity contribution < 1.29 is 14.4 Å². The zero-order chi connectivity index (χ0) is 12.7. The van der Waals surface area contributed by atoms with Crippen LogP contribution in [0.15, 0.2) is 18.2 Å². The van der Waals surface area contributed by atoms with E-state index in [-0.39, 0.29) is 12.3 Å². The number of hydrogen-bond acceptors (Lipinski definition) is 4. The van der Waals surface area contributed by atoms with Gasteiger partial charge in [-0.25, -0.2) is 0 Å². The molecule has 0 unspecified atom stereocenters. The van der Waals surface area contributed by atoms with Gasteiger partial charge >= 0.3 is 0 Å². The summed E-state index contributed by atoms with van der Waals surface area (Å²) in [7, 11) is 0. The Morgan fingerprint density at radius 3 is 2.71 bits per heavy atom. The third-order valence-electron chi connectivity index (χ3n) is 2.07. The fourth-order valence-electron chi connectivity index (χ4n) is 1.23. The Balaban J connectivity index is 2.51. The van der Waals surface area contributed by atoms with Gasteiger partial charge in [-0.3, -0.25) is 10.1 Å². The van der Waals surface area contributed by atoms with Gasteiger partial charge in [0, 0.05) is 29.3 Å². The lowest BCUT2D eigenvalue weighted by Gasteiger charge is -2.06. The van der Waals surface area contributed by atoms with E-state index in [1.54, 1.807) is 0 Å². The maximum Gasteiger partial charge on any atom is 0.269 e. The van der Waals surface area contributed by atoms with Crippen LogP contribution in [0.5, 0.6) is 0 Å². The molecule has 0 amide bonds. The van der Waals surface area contributed by atoms with Gasteiger partial charge in [0.05, 0.1) is 24.7 Å². The molecule has 94 valence electrons. The molecule has 1 rings (SSSR count). The Labute approximate surface area is 104 Å². The molecule has 0 radical (unpaired) electrons. The molecule has 0 saturated heterocycles. The zero-order valence-electron chi connectivity index (χ0n) is 9.52. The molecule has 0 atom stereocenters. The zero-order valence-corrected chi connectivity index (χ0v) is 10.3. The minimum Gasteiger partial charge on any atom is -0.379 e. The Kier molecular flexibility index (Phi) is 5.90. The van der Waals surface area contributed by atoms with Crippen LogP contribution in [0, 0.1) is 10.1 Å². The quantitative estimate of drug-likeness (QED) is 0.429. The summed E-state index contributed by atoms with van der Waals surface area (Å²) in [6.07, 6.45) is 0. The van der Waals surface area contributed by atoms with Crippen LogP contribution in [0.1, 0.15) is 12.5 Å². The maximum absolute atomic E-state index is 10.6. The topological polar surface area (TPSA) is 61.6 Å². The van der Waals surface area contributed by atoms with Gasteiger partial charge in [0.2, 0.25) is 0 Å². The van der Waals surface area contributed by atoms with Gasteiger partial charge in [-0.2, -0.15) is 0 Å². The van der Waals surface area contributed by atoms with E-state index in [2.05, 4.69) is 0 Å². The minimum absolute atomic E-state index is 0.0119. The van der Waals surface area contributed by atoms with Crippen molar-refractivity contribution in [3.63, 3.8) is 0 Å². The summed E-state index contributed by atoms with van der Waals surface area (Å²) in [5.41, 5.74) is 0.621. The number of benzene rings is 1. The third-order valence-corrected chi connectivity index (χ3v) is 2.44. The van der Waals surface area contributed by atoms with Crippen molar-refractivity contribution in [1.29, 1.82) is 0 Å². The summed E-state index contributed by atoms with van der Waals surface area (Å²) in [5.74, 6) is 0. The van der Waals surface area contributed by atoms with Crippen molar-refractivity contribution in [2.45, 2.75) is 13.5 Å². The second-order valence-corrected chi connectivity index (χ2v) is 3.69. The molecule has 0 N–H and O–H groups in total. The summed E-state index contributed by atoms with van der Waals surface area (Å²) in [4.78, 5) is 10.1. The van der Waals surface area contributed by atoms with Crippen molar-refractivity contribution >= 4 is 17.3 Å². The number of nitro benzene ring substituents is 1. The van der Waals surface area contributed by atoms with E-state index in [9.17, 15) is 10.1 Å². The first-order valence-electron chi connectivity index (χ1n) is 5.23. The number of nitro groups is 1. The van der Waals surface area contributed by atoms with Crippen LogP contribution in [0.25, 0.3) is 0 Å². The molecule has 5 nitrogen and oxygen atoms in total. The molecular formula is C11H14ClNO4. The van der Waals surface area contributed by atoms with E-state index >= 15 is 0 Å². The van der Waals surface area contributed by atoms with Gasteiger partial charge < -0.3 is 9.47 Å². The lowest BCUT2D eigenvalue weighted by atomic mass is 10.2. The molecule has 0 aliphatic rings. The summed E-state index contributed by atoms with van der Waals surface area (Å²) < 4.78 is 10.4. The molecule has 0 aliphatic carbocycles. The van der Waals surface area contributed by atoms with Crippen molar-refractivity contribution in [3.05, 3.63) is 38.9 Å². The van der Waals surface area contributed by atoms with E-state index in [1.165, 1.54) is 18.2 Å². The highest BCUT2D eigenvalue weighted by Crippen LogP contribution is 2.22. The molecule has 1 aromatic rings. The average Bonchev–Trinajstić information content (AvgIpc) is 2.30. The van der Waals surface area contributed by atoms with Crippen LogP contribution in [0.4, 0.5) is 5.69 Å². The normalized spacial score (nSPS) is 10.5. The molecule has 6 heteroatoms. The SMILES string of the molecule is CCOCCOCc1cc([N+](=O)[O-])ccc1Cl. The summed E-state index contributed by atoms with van der Waals surface area (Å²) in [6.45, 7) is 3.72. The van der Waals surface area contributed by atoms with Crippen LogP contribution in [0.2, 0.25) is 5.02 Å². The average molecular weight is 260 g/mol. The van der Waals surface area contributed by atoms with E-state index in [1.807, 2.05) is 6.92 Å². The largest absolute Gasteiger partial charge is 0.379 e. The number of hydrogen-bond donors (Lipinski definition) is 0. The first kappa shape index (κ1) is 13.9. The second kappa shape index (κ2) is 7.21. The Hall–Kier alpha value is -1.17. The molecule has 17 heavy (non-hydrogen) atoms. The van der Waals surface area contributed by atoms with Crippen molar-refractivity contribution in [2.75, 3.05) is 19.8 Å². The van der Waals surface area contributed by atoms with Gasteiger partial charge in [-0.15, -0.1) is 0 Å². The van der Waals surface area contributed by atoms with E-state index in [4.69, 9.17) is 21.1 Å². The minimum atomic E-state index is -0.458. The molecule has 0 saturated carbocycles. The lowest BCUT2D eigenvalue weighted by Crippen LogP contribution is -2.04. The Morgan fingerprint density at radius 2 is 2.06 bits per heavy atom. The van der Waals surface area contributed by atoms with Crippen LogP contribution in [0.3, 0.4) is 0 Å². The molecule has 0 aliphatic heterocycles. The molecule has 0 fully saturated rings. The van der Waals surface area contributed by atoms with Crippen LogP contribution < -0.4 is 0 Å². The number of non-ortho nitro benzene ring substituents is 1. The first-order chi connectivity index (χ1) is 8.15. The maximum atomic E-state index is 10.6. The number of halogens is 1. The van der Waals surface area contributed by atoms with Crippen LogP contribution in [-0.4, -0.2) is 24.7 Å². The predicted molar refractivity (Wildman–Crippen MR) is 64.3 cm³/mol. The molecule has 0 heterocycles. The highest BCUT2D eigenvalue weighted by Gasteiger charge is 2.09. The standard InChI is InChI=1S/C11H14ClNO4/c1-2-16-5-6-17-8-9-7-10(13(14)15)3-4-11(9)12/h3-4,7H,2,5-6,8H2,1H3. The van der Waals surface area contributed by atoms with Gasteiger partial charge in [-0.1, -0.05) is 11.6 Å². The lowest BCUT2D eigenvalue weighted by molar-refractivity contribution is -0.384. The molecule has 0 aromatic heterocycles. The molecule has 0 bridgehead atoms. The van der Waals surface area contributed by atoms with Gasteiger partial charge in [-0.05, 0) is 13.0 Å². The van der Waals surface area contributed by atoms with E-state index < -0.39 is 4.92 Å². The molecular weight excluding hydrogens is 246 g/mol. The van der Waals surface area contributed by atoms with Crippen LogP contribution in [-0.2, 0) is 16.1 Å². The fraction of sp³-hybridized carbons (Fsp3) is 0.455. The van der Waals surface area contributed by atoms with Gasteiger partial charge in [0.1, 0.15) is 0 Å².